The molecular formula is C16H16N4O7. The summed E-state index contributed by atoms with van der Waals surface area (Å²) >= 11 is 0. The minimum absolute atomic E-state index is 0.138. The maximum atomic E-state index is 12.6. The first-order chi connectivity index (χ1) is 12.9. The number of furan rings is 1. The van der Waals surface area contributed by atoms with Crippen LogP contribution in [-0.2, 0) is 11.8 Å². The first-order valence-corrected chi connectivity index (χ1v) is 8.00. The van der Waals surface area contributed by atoms with E-state index in [1.807, 2.05) is 0 Å². The van der Waals surface area contributed by atoms with Gasteiger partial charge in [0.15, 0.2) is 5.76 Å². The highest BCUT2D eigenvalue weighted by Gasteiger charge is 2.22. The lowest BCUT2D eigenvalue weighted by atomic mass is 10.2. The molecule has 27 heavy (non-hydrogen) atoms. The Labute approximate surface area is 152 Å². The Morgan fingerprint density at radius 3 is 2.59 bits per heavy atom. The van der Waals surface area contributed by atoms with Gasteiger partial charge in [-0.15, -0.1) is 0 Å². The van der Waals surface area contributed by atoms with Gasteiger partial charge in [0.25, 0.3) is 17.4 Å². The molecule has 3 rings (SSSR count). The Bertz CT molecular complexity index is 956. The van der Waals surface area contributed by atoms with Gasteiger partial charge in [0.2, 0.25) is 0 Å². The molecule has 1 aliphatic rings. The van der Waals surface area contributed by atoms with Gasteiger partial charge in [-0.1, -0.05) is 0 Å². The van der Waals surface area contributed by atoms with Crippen LogP contribution in [0.5, 0.6) is 0 Å². The summed E-state index contributed by atoms with van der Waals surface area (Å²) in [5, 5.41) is 13.0. The second-order valence-electron chi connectivity index (χ2n) is 5.81. The van der Waals surface area contributed by atoms with E-state index >= 15 is 0 Å². The molecule has 142 valence electrons. The van der Waals surface area contributed by atoms with Gasteiger partial charge in [-0.3, -0.25) is 24.5 Å². The lowest BCUT2D eigenvalue weighted by Gasteiger charge is -2.27. The molecule has 0 aliphatic carbocycles. The van der Waals surface area contributed by atoms with Crippen LogP contribution < -0.4 is 10.9 Å². The van der Waals surface area contributed by atoms with Gasteiger partial charge < -0.3 is 23.9 Å². The van der Waals surface area contributed by atoms with E-state index in [2.05, 4.69) is 5.32 Å². The van der Waals surface area contributed by atoms with E-state index < -0.39 is 22.3 Å². The first-order valence-electron chi connectivity index (χ1n) is 8.00. The molecule has 2 aromatic rings. The first kappa shape index (κ1) is 18.3. The Kier molecular flexibility index (Phi) is 5.03. The Hall–Kier alpha value is -3.47. The van der Waals surface area contributed by atoms with Crippen molar-refractivity contribution in [2.75, 3.05) is 31.6 Å². The average molecular weight is 376 g/mol. The number of nitro groups is 1. The van der Waals surface area contributed by atoms with Gasteiger partial charge in [-0.25, -0.2) is 0 Å². The Morgan fingerprint density at radius 2 is 1.96 bits per heavy atom. The number of anilines is 1. The summed E-state index contributed by atoms with van der Waals surface area (Å²) in [6, 6.07) is 3.43. The Balaban J connectivity index is 1.85. The summed E-state index contributed by atoms with van der Waals surface area (Å²) in [6.45, 7) is 1.72. The summed E-state index contributed by atoms with van der Waals surface area (Å²) in [5.74, 6) is -2.05. The molecule has 2 amide bonds. The van der Waals surface area contributed by atoms with Gasteiger partial charge in [0, 0.05) is 26.3 Å². The monoisotopic (exact) mass is 376 g/mol. The SMILES string of the molecule is Cn1cc(C(=O)N2CCOCC2)cc(NC(=O)c2ccc([N+](=O)[O-])o2)c1=O. The third-order valence-electron chi connectivity index (χ3n) is 3.97. The predicted molar refractivity (Wildman–Crippen MR) is 91.7 cm³/mol. The zero-order valence-corrected chi connectivity index (χ0v) is 14.3. The topological polar surface area (TPSA) is 137 Å². The Morgan fingerprint density at radius 1 is 1.26 bits per heavy atom. The molecule has 0 atom stereocenters. The minimum atomic E-state index is -0.837. The number of aromatic nitrogens is 1. The number of amides is 2. The van der Waals surface area contributed by atoms with Crippen molar-refractivity contribution in [3.05, 3.63) is 56.2 Å². The zero-order valence-electron chi connectivity index (χ0n) is 14.3. The number of pyridine rings is 1. The van der Waals surface area contributed by atoms with Crippen LogP contribution in [0.25, 0.3) is 0 Å². The summed E-state index contributed by atoms with van der Waals surface area (Å²) in [6.07, 6.45) is 1.38. The molecule has 1 saturated heterocycles. The molecule has 0 saturated carbocycles. The van der Waals surface area contributed by atoms with Crippen molar-refractivity contribution < 1.29 is 23.7 Å². The van der Waals surface area contributed by atoms with Crippen LogP contribution in [0.2, 0.25) is 0 Å². The third-order valence-corrected chi connectivity index (χ3v) is 3.97. The molecule has 2 aromatic heterocycles. The van der Waals surface area contributed by atoms with Crippen molar-refractivity contribution >= 4 is 23.4 Å². The normalized spacial score (nSPS) is 14.0. The zero-order chi connectivity index (χ0) is 19.6. The highest BCUT2D eigenvalue weighted by molar-refractivity contribution is 6.03. The maximum Gasteiger partial charge on any atom is 0.433 e. The number of morpholine rings is 1. The smallest absolute Gasteiger partial charge is 0.395 e. The van der Waals surface area contributed by atoms with E-state index in [1.54, 1.807) is 4.90 Å². The number of nitrogens with zero attached hydrogens (tertiary/aromatic N) is 3. The fraction of sp³-hybridized carbons (Fsp3) is 0.312. The van der Waals surface area contributed by atoms with Crippen molar-refractivity contribution in [3.8, 4) is 0 Å². The van der Waals surface area contributed by atoms with E-state index in [0.29, 0.717) is 26.3 Å². The molecule has 0 radical (unpaired) electrons. The summed E-state index contributed by atoms with van der Waals surface area (Å²) < 4.78 is 11.2. The number of hydrogen-bond donors (Lipinski definition) is 1. The van der Waals surface area contributed by atoms with Crippen molar-refractivity contribution in [1.29, 1.82) is 0 Å². The van der Waals surface area contributed by atoms with E-state index in [1.165, 1.54) is 23.9 Å². The lowest BCUT2D eigenvalue weighted by molar-refractivity contribution is -0.402. The van der Waals surface area contributed by atoms with E-state index in [9.17, 15) is 24.5 Å². The van der Waals surface area contributed by atoms with Crippen molar-refractivity contribution in [3.63, 3.8) is 0 Å². The number of carbonyl (C=O) groups excluding carboxylic acids is 2. The standard InChI is InChI=1S/C16H16N4O7/c1-18-9-10(15(22)19-4-6-26-7-5-19)8-11(16(18)23)17-14(21)12-2-3-13(27-12)20(24)25/h2-3,8-9H,4-7H2,1H3,(H,17,21). The summed E-state index contributed by atoms with van der Waals surface area (Å²) in [5.41, 5.74) is -0.455. The maximum absolute atomic E-state index is 12.6. The molecule has 1 aliphatic heterocycles. The van der Waals surface area contributed by atoms with Crippen molar-refractivity contribution in [2.24, 2.45) is 7.05 Å². The number of aryl methyl sites for hydroxylation is 1. The number of ether oxygens (including phenoxy) is 1. The fourth-order valence-electron chi connectivity index (χ4n) is 2.60. The van der Waals surface area contributed by atoms with Crippen LogP contribution in [0.3, 0.4) is 0 Å². The van der Waals surface area contributed by atoms with E-state index in [4.69, 9.17) is 9.15 Å². The quantitative estimate of drug-likeness (QED) is 0.609. The highest BCUT2D eigenvalue weighted by Crippen LogP contribution is 2.17. The summed E-state index contributed by atoms with van der Waals surface area (Å²) in [7, 11) is 1.45. The van der Waals surface area contributed by atoms with Crippen LogP contribution in [0.1, 0.15) is 20.9 Å². The number of rotatable bonds is 4. The molecule has 3 heterocycles. The summed E-state index contributed by atoms with van der Waals surface area (Å²) in [4.78, 5) is 48.5. The van der Waals surface area contributed by atoms with Gasteiger partial charge in [-0.2, -0.15) is 0 Å². The van der Waals surface area contributed by atoms with Crippen LogP contribution >= 0.6 is 0 Å². The molecule has 1 fully saturated rings. The van der Waals surface area contributed by atoms with Gasteiger partial charge in [-0.05, 0) is 12.1 Å². The largest absolute Gasteiger partial charge is 0.433 e. The van der Waals surface area contributed by atoms with Gasteiger partial charge in [0.05, 0.1) is 24.8 Å². The number of nitrogens with one attached hydrogen (secondary N) is 1. The number of hydrogen-bond acceptors (Lipinski definition) is 7. The predicted octanol–water partition coefficient (Wildman–Crippen LogP) is 0.611. The molecule has 0 aromatic carbocycles. The molecular weight excluding hydrogens is 360 g/mol. The van der Waals surface area contributed by atoms with Crippen LogP contribution in [0.15, 0.2) is 33.6 Å². The van der Waals surface area contributed by atoms with Crippen molar-refractivity contribution in [1.82, 2.24) is 9.47 Å². The third kappa shape index (κ3) is 3.87. The number of carbonyl (C=O) groups is 2. The molecule has 11 nitrogen and oxygen atoms in total. The van der Waals surface area contributed by atoms with E-state index in [-0.39, 0.29) is 22.9 Å². The lowest BCUT2D eigenvalue weighted by Crippen LogP contribution is -2.41. The van der Waals surface area contributed by atoms with Crippen LogP contribution in [0.4, 0.5) is 11.6 Å². The average Bonchev–Trinajstić information content (AvgIpc) is 3.16. The second kappa shape index (κ2) is 7.41. The second-order valence-corrected chi connectivity index (χ2v) is 5.81. The van der Waals surface area contributed by atoms with E-state index in [0.717, 1.165) is 12.1 Å². The molecule has 11 heteroatoms. The van der Waals surface area contributed by atoms with Crippen molar-refractivity contribution in [2.45, 2.75) is 0 Å². The molecule has 0 bridgehead atoms. The van der Waals surface area contributed by atoms with Gasteiger partial charge in [0.1, 0.15) is 10.6 Å². The highest BCUT2D eigenvalue weighted by atomic mass is 16.6. The van der Waals surface area contributed by atoms with Crippen LogP contribution in [-0.4, -0.2) is 52.5 Å². The van der Waals surface area contributed by atoms with Crippen LogP contribution in [0, 0.1) is 10.1 Å². The van der Waals surface area contributed by atoms with Gasteiger partial charge >= 0.3 is 5.88 Å². The molecule has 0 unspecified atom stereocenters. The molecule has 0 spiro atoms. The molecule has 1 N–H and O–H groups in total. The minimum Gasteiger partial charge on any atom is -0.395 e. The fourth-order valence-corrected chi connectivity index (χ4v) is 2.60.